The Kier molecular flexibility index (Phi) is 5.87. The molecule has 1 atom stereocenters. The van der Waals surface area contributed by atoms with Crippen LogP contribution in [0.1, 0.15) is 30.6 Å². The van der Waals surface area contributed by atoms with Gasteiger partial charge in [0.25, 0.3) is 5.91 Å². The number of halogens is 1. The van der Waals surface area contributed by atoms with Crippen LogP contribution < -0.4 is 10.6 Å². The van der Waals surface area contributed by atoms with Gasteiger partial charge in [-0.3, -0.25) is 9.59 Å². The van der Waals surface area contributed by atoms with Gasteiger partial charge in [0.15, 0.2) is 0 Å². The van der Waals surface area contributed by atoms with Crippen molar-refractivity contribution in [2.45, 2.75) is 20.3 Å². The maximum atomic E-state index is 12.3. The predicted molar refractivity (Wildman–Crippen MR) is 94.4 cm³/mol. The van der Waals surface area contributed by atoms with E-state index in [1.807, 2.05) is 13.8 Å². The predicted octanol–water partition coefficient (Wildman–Crippen LogP) is 4.08. The minimum atomic E-state index is -0.278. The highest BCUT2D eigenvalue weighted by atomic mass is 79.9. The van der Waals surface area contributed by atoms with Gasteiger partial charge in [0, 0.05) is 27.8 Å². The van der Waals surface area contributed by atoms with Crippen molar-refractivity contribution in [2.24, 2.45) is 5.92 Å². The van der Waals surface area contributed by atoms with E-state index in [1.165, 1.54) is 0 Å². The van der Waals surface area contributed by atoms with Gasteiger partial charge in [0.05, 0.1) is 0 Å². The summed E-state index contributed by atoms with van der Waals surface area (Å²) in [5, 5.41) is 5.53. The molecule has 23 heavy (non-hydrogen) atoms. The second-order valence-corrected chi connectivity index (χ2v) is 6.11. The zero-order valence-electron chi connectivity index (χ0n) is 13.0. The molecule has 6 heteroatoms. The molecule has 2 aromatic rings. The number of amides is 2. The Bertz CT molecular complexity index is 701. The molecule has 1 unspecified atom stereocenters. The normalized spacial score (nSPS) is 11.6. The first-order chi connectivity index (χ1) is 11.0. The summed E-state index contributed by atoms with van der Waals surface area (Å²) < 4.78 is 0.838. The Labute approximate surface area is 143 Å². The number of anilines is 2. The van der Waals surface area contributed by atoms with Gasteiger partial charge in [-0.15, -0.1) is 0 Å². The molecule has 0 spiro atoms. The minimum Gasteiger partial charge on any atom is -0.326 e. The molecule has 0 aliphatic rings. The molecule has 0 saturated heterocycles. The van der Waals surface area contributed by atoms with E-state index in [-0.39, 0.29) is 17.7 Å². The van der Waals surface area contributed by atoms with Gasteiger partial charge in [-0.25, -0.2) is 4.98 Å². The number of carbonyl (C=O) groups excluding carboxylic acids is 2. The lowest BCUT2D eigenvalue weighted by Crippen LogP contribution is -2.20. The summed E-state index contributed by atoms with van der Waals surface area (Å²) in [5.74, 6) is 0.0609. The number of aromatic nitrogens is 1. The summed E-state index contributed by atoms with van der Waals surface area (Å²) in [6.45, 7) is 3.82. The van der Waals surface area contributed by atoms with Crippen LogP contribution in [0.15, 0.2) is 47.1 Å². The maximum Gasteiger partial charge on any atom is 0.256 e. The molecule has 0 radical (unpaired) electrons. The number of nitrogens with one attached hydrogen (secondary N) is 2. The van der Waals surface area contributed by atoms with Crippen molar-refractivity contribution in [3.05, 3.63) is 52.6 Å². The third kappa shape index (κ3) is 4.89. The van der Waals surface area contributed by atoms with Gasteiger partial charge in [0.1, 0.15) is 5.82 Å². The third-order valence-electron chi connectivity index (χ3n) is 3.42. The first-order valence-electron chi connectivity index (χ1n) is 7.33. The molecule has 5 nitrogen and oxygen atoms in total. The maximum absolute atomic E-state index is 12.3. The van der Waals surface area contributed by atoms with Gasteiger partial charge in [-0.1, -0.05) is 19.9 Å². The molecular formula is C17H18BrN3O2. The monoisotopic (exact) mass is 375 g/mol. The van der Waals surface area contributed by atoms with Crippen LogP contribution in [0.5, 0.6) is 0 Å². The molecule has 1 heterocycles. The molecule has 1 aromatic heterocycles. The molecule has 0 fully saturated rings. The van der Waals surface area contributed by atoms with Crippen LogP contribution in [0.4, 0.5) is 11.5 Å². The fraction of sp³-hybridized carbons (Fsp3) is 0.235. The molecule has 0 saturated carbocycles. The first-order valence-corrected chi connectivity index (χ1v) is 8.12. The average molecular weight is 376 g/mol. The number of nitrogens with zero attached hydrogens (tertiary/aromatic N) is 1. The molecule has 0 bridgehead atoms. The van der Waals surface area contributed by atoms with Crippen molar-refractivity contribution >= 4 is 39.2 Å². The topological polar surface area (TPSA) is 71.1 Å². The van der Waals surface area contributed by atoms with Gasteiger partial charge in [-0.2, -0.15) is 0 Å². The Morgan fingerprint density at radius 1 is 1.22 bits per heavy atom. The van der Waals surface area contributed by atoms with Crippen LogP contribution >= 0.6 is 15.9 Å². The third-order valence-corrected chi connectivity index (χ3v) is 3.89. The van der Waals surface area contributed by atoms with Crippen molar-refractivity contribution in [1.82, 2.24) is 4.98 Å². The lowest BCUT2D eigenvalue weighted by molar-refractivity contribution is -0.119. The molecular weight excluding hydrogens is 358 g/mol. The van der Waals surface area contributed by atoms with Crippen LogP contribution in [-0.2, 0) is 4.79 Å². The molecule has 2 rings (SSSR count). The van der Waals surface area contributed by atoms with Crippen LogP contribution in [0.25, 0.3) is 0 Å². The van der Waals surface area contributed by atoms with Gasteiger partial charge in [0.2, 0.25) is 5.91 Å². The van der Waals surface area contributed by atoms with E-state index in [4.69, 9.17) is 0 Å². The van der Waals surface area contributed by atoms with E-state index < -0.39 is 0 Å². The SMILES string of the molecule is CCC(C)C(=O)Nc1cccc(C(=O)Nc2ccc(Br)cn2)c1. The van der Waals surface area contributed by atoms with Gasteiger partial charge >= 0.3 is 0 Å². The fourth-order valence-corrected chi connectivity index (χ4v) is 2.06. The van der Waals surface area contributed by atoms with Crippen LogP contribution in [-0.4, -0.2) is 16.8 Å². The largest absolute Gasteiger partial charge is 0.326 e. The number of rotatable bonds is 5. The smallest absolute Gasteiger partial charge is 0.256 e. The molecule has 2 amide bonds. The summed E-state index contributed by atoms with van der Waals surface area (Å²) in [5.41, 5.74) is 1.06. The van der Waals surface area contributed by atoms with Crippen molar-refractivity contribution in [3.8, 4) is 0 Å². The molecule has 0 aliphatic heterocycles. The van der Waals surface area contributed by atoms with Crippen molar-refractivity contribution < 1.29 is 9.59 Å². The standard InChI is InChI=1S/C17H18BrN3O2/c1-3-11(2)16(22)20-14-6-4-5-12(9-14)17(23)21-15-8-7-13(18)10-19-15/h4-11H,3H2,1-2H3,(H,20,22)(H,19,21,23). The van der Waals surface area contributed by atoms with E-state index in [1.54, 1.807) is 42.6 Å². The lowest BCUT2D eigenvalue weighted by atomic mass is 10.1. The second-order valence-electron chi connectivity index (χ2n) is 5.20. The van der Waals surface area contributed by atoms with Crippen molar-refractivity contribution in [3.63, 3.8) is 0 Å². The van der Waals surface area contributed by atoms with E-state index in [0.29, 0.717) is 17.1 Å². The Balaban J connectivity index is 2.08. The summed E-state index contributed by atoms with van der Waals surface area (Å²) in [6.07, 6.45) is 2.37. The first kappa shape index (κ1) is 17.1. The zero-order valence-corrected chi connectivity index (χ0v) is 14.6. The van der Waals surface area contributed by atoms with E-state index >= 15 is 0 Å². The number of hydrogen-bond acceptors (Lipinski definition) is 3. The molecule has 1 aromatic carbocycles. The van der Waals surface area contributed by atoms with E-state index in [9.17, 15) is 9.59 Å². The van der Waals surface area contributed by atoms with Gasteiger partial charge < -0.3 is 10.6 Å². The fourth-order valence-electron chi connectivity index (χ4n) is 1.83. The minimum absolute atomic E-state index is 0.0559. The number of benzene rings is 1. The molecule has 120 valence electrons. The quantitative estimate of drug-likeness (QED) is 0.826. The van der Waals surface area contributed by atoms with Crippen LogP contribution in [0.2, 0.25) is 0 Å². The van der Waals surface area contributed by atoms with Crippen LogP contribution in [0, 0.1) is 5.92 Å². The number of pyridine rings is 1. The number of carbonyl (C=O) groups is 2. The van der Waals surface area contributed by atoms with Crippen molar-refractivity contribution in [2.75, 3.05) is 10.6 Å². The summed E-state index contributed by atoms with van der Waals surface area (Å²) >= 11 is 3.29. The summed E-state index contributed by atoms with van der Waals surface area (Å²) in [7, 11) is 0. The summed E-state index contributed by atoms with van der Waals surface area (Å²) in [6, 6.07) is 10.3. The highest BCUT2D eigenvalue weighted by molar-refractivity contribution is 9.10. The number of hydrogen-bond donors (Lipinski definition) is 2. The van der Waals surface area contributed by atoms with Crippen molar-refractivity contribution in [1.29, 1.82) is 0 Å². The molecule has 2 N–H and O–H groups in total. The second kappa shape index (κ2) is 7.87. The highest BCUT2D eigenvalue weighted by Gasteiger charge is 2.12. The van der Waals surface area contributed by atoms with E-state index in [0.717, 1.165) is 10.9 Å². The lowest BCUT2D eigenvalue weighted by Gasteiger charge is -2.11. The Hall–Kier alpha value is -2.21. The zero-order chi connectivity index (χ0) is 16.8. The Morgan fingerprint density at radius 2 is 2.00 bits per heavy atom. The van der Waals surface area contributed by atoms with Crippen LogP contribution in [0.3, 0.4) is 0 Å². The molecule has 0 aliphatic carbocycles. The highest BCUT2D eigenvalue weighted by Crippen LogP contribution is 2.15. The Morgan fingerprint density at radius 3 is 2.65 bits per heavy atom. The average Bonchev–Trinajstić information content (AvgIpc) is 2.56. The van der Waals surface area contributed by atoms with E-state index in [2.05, 4.69) is 31.5 Å². The van der Waals surface area contributed by atoms with Gasteiger partial charge in [-0.05, 0) is 52.7 Å². The summed E-state index contributed by atoms with van der Waals surface area (Å²) in [4.78, 5) is 28.3.